The summed E-state index contributed by atoms with van der Waals surface area (Å²) in [5.41, 5.74) is 1.99. The highest BCUT2D eigenvalue weighted by atomic mass is 79.9. The molecule has 0 amide bonds. The highest BCUT2D eigenvalue weighted by Gasteiger charge is 2.23. The number of aliphatic hydroxyl groups is 1. The van der Waals surface area contributed by atoms with Crippen molar-refractivity contribution < 1.29 is 9.84 Å². The van der Waals surface area contributed by atoms with Crippen molar-refractivity contribution in [3.05, 3.63) is 27.7 Å². The lowest BCUT2D eigenvalue weighted by molar-refractivity contribution is 0.189. The molecule has 1 aromatic rings. The van der Waals surface area contributed by atoms with Crippen LogP contribution in [0.25, 0.3) is 0 Å². The minimum Gasteiger partial charge on any atom is -0.492 e. The molecule has 1 N–H and O–H groups in total. The van der Waals surface area contributed by atoms with E-state index in [0.29, 0.717) is 0 Å². The van der Waals surface area contributed by atoms with Crippen LogP contribution in [0.2, 0.25) is 0 Å². The first-order chi connectivity index (χ1) is 7.58. The van der Waals surface area contributed by atoms with E-state index in [2.05, 4.69) is 15.9 Å². The maximum absolute atomic E-state index is 9.73. The van der Waals surface area contributed by atoms with Crippen molar-refractivity contribution in [3.8, 4) is 5.75 Å². The number of hydrogen-bond acceptors (Lipinski definition) is 2. The van der Waals surface area contributed by atoms with Gasteiger partial charge in [0.15, 0.2) is 0 Å². The van der Waals surface area contributed by atoms with E-state index >= 15 is 0 Å². The maximum atomic E-state index is 9.73. The molecule has 0 spiro atoms. The summed E-state index contributed by atoms with van der Waals surface area (Å²) >= 11 is 3.50. The van der Waals surface area contributed by atoms with E-state index < -0.39 is 6.10 Å². The quantitative estimate of drug-likeness (QED) is 0.916. The number of aliphatic hydroxyl groups excluding tert-OH is 1. The van der Waals surface area contributed by atoms with Gasteiger partial charge in [-0.1, -0.05) is 0 Å². The molecule has 1 aliphatic carbocycles. The van der Waals surface area contributed by atoms with Gasteiger partial charge in [-0.15, -0.1) is 0 Å². The number of ether oxygens (including phenoxy) is 1. The van der Waals surface area contributed by atoms with Crippen LogP contribution in [0.4, 0.5) is 0 Å². The average molecular weight is 285 g/mol. The minimum absolute atomic E-state index is 0.495. The largest absolute Gasteiger partial charge is 0.492 e. The smallest absolute Gasteiger partial charge is 0.139 e. The second-order valence-electron chi connectivity index (χ2n) is 4.60. The highest BCUT2D eigenvalue weighted by molar-refractivity contribution is 9.10. The standard InChI is InChI=1S/C13H17BrO2/c1-8-5-11(9(2)15)13(12(14)6-8)16-7-10-3-4-10/h5-6,9-10,15H,3-4,7H2,1-2H3. The molecule has 0 bridgehead atoms. The summed E-state index contributed by atoms with van der Waals surface area (Å²) in [5, 5.41) is 9.73. The fourth-order valence-corrected chi connectivity index (χ4v) is 2.41. The van der Waals surface area contributed by atoms with E-state index in [0.717, 1.165) is 33.9 Å². The number of rotatable bonds is 4. The molecule has 0 aliphatic heterocycles. The molecule has 1 aliphatic rings. The molecule has 0 heterocycles. The summed E-state index contributed by atoms with van der Waals surface area (Å²) in [7, 11) is 0. The van der Waals surface area contributed by atoms with Crippen molar-refractivity contribution in [1.29, 1.82) is 0 Å². The Bertz CT molecular complexity index is 384. The van der Waals surface area contributed by atoms with Crippen molar-refractivity contribution in [2.45, 2.75) is 32.8 Å². The zero-order valence-electron chi connectivity index (χ0n) is 9.66. The van der Waals surface area contributed by atoms with Crippen LogP contribution in [0.1, 0.15) is 37.0 Å². The van der Waals surface area contributed by atoms with Crippen LogP contribution in [-0.4, -0.2) is 11.7 Å². The number of aryl methyl sites for hydroxylation is 1. The van der Waals surface area contributed by atoms with Crippen LogP contribution >= 0.6 is 15.9 Å². The van der Waals surface area contributed by atoms with Crippen LogP contribution in [-0.2, 0) is 0 Å². The average Bonchev–Trinajstić information content (AvgIpc) is 2.98. The Labute approximate surface area is 105 Å². The van der Waals surface area contributed by atoms with Crippen LogP contribution in [0.5, 0.6) is 5.75 Å². The first-order valence-corrected chi connectivity index (χ1v) is 6.48. The van der Waals surface area contributed by atoms with E-state index in [1.165, 1.54) is 12.8 Å². The van der Waals surface area contributed by atoms with Gasteiger partial charge in [0, 0.05) is 5.56 Å². The first kappa shape index (κ1) is 11.9. The Morgan fingerprint density at radius 3 is 2.75 bits per heavy atom. The minimum atomic E-state index is -0.495. The Balaban J connectivity index is 2.24. The number of benzene rings is 1. The van der Waals surface area contributed by atoms with Gasteiger partial charge in [-0.2, -0.15) is 0 Å². The van der Waals surface area contributed by atoms with Gasteiger partial charge in [0.1, 0.15) is 5.75 Å². The van der Waals surface area contributed by atoms with Crippen molar-refractivity contribution in [2.75, 3.05) is 6.61 Å². The van der Waals surface area contributed by atoms with Crippen molar-refractivity contribution in [3.63, 3.8) is 0 Å². The predicted octanol–water partition coefficient (Wildman–Crippen LogP) is 3.60. The molecule has 1 aromatic carbocycles. The molecule has 0 aromatic heterocycles. The molecular formula is C13H17BrO2. The monoisotopic (exact) mass is 284 g/mol. The first-order valence-electron chi connectivity index (χ1n) is 5.69. The van der Waals surface area contributed by atoms with Crippen LogP contribution in [0, 0.1) is 12.8 Å². The number of halogens is 1. The summed E-state index contributed by atoms with van der Waals surface area (Å²) in [4.78, 5) is 0. The lowest BCUT2D eigenvalue weighted by atomic mass is 10.1. The molecule has 1 unspecified atom stereocenters. The van der Waals surface area contributed by atoms with Gasteiger partial charge in [0.2, 0.25) is 0 Å². The van der Waals surface area contributed by atoms with E-state index in [9.17, 15) is 5.11 Å². The van der Waals surface area contributed by atoms with Crippen molar-refractivity contribution >= 4 is 15.9 Å². The van der Waals surface area contributed by atoms with Crippen molar-refractivity contribution in [2.24, 2.45) is 5.92 Å². The molecule has 0 radical (unpaired) electrons. The Kier molecular flexibility index (Phi) is 3.55. The summed E-state index contributed by atoms with van der Waals surface area (Å²) < 4.78 is 6.74. The molecule has 1 fully saturated rings. The lowest BCUT2D eigenvalue weighted by Gasteiger charge is -2.16. The van der Waals surface area contributed by atoms with Crippen LogP contribution in [0.15, 0.2) is 16.6 Å². The SMILES string of the molecule is Cc1cc(Br)c(OCC2CC2)c(C(C)O)c1. The third kappa shape index (κ3) is 2.77. The fraction of sp³-hybridized carbons (Fsp3) is 0.538. The molecule has 1 atom stereocenters. The summed E-state index contributed by atoms with van der Waals surface area (Å²) in [5.74, 6) is 1.52. The van der Waals surface area contributed by atoms with E-state index in [4.69, 9.17) is 4.74 Å². The summed E-state index contributed by atoms with van der Waals surface area (Å²) in [6, 6.07) is 4.01. The van der Waals surface area contributed by atoms with Gasteiger partial charge in [0.05, 0.1) is 17.2 Å². The topological polar surface area (TPSA) is 29.5 Å². The molecule has 16 heavy (non-hydrogen) atoms. The predicted molar refractivity (Wildman–Crippen MR) is 67.7 cm³/mol. The second kappa shape index (κ2) is 4.76. The van der Waals surface area contributed by atoms with E-state index in [1.807, 2.05) is 19.1 Å². The van der Waals surface area contributed by atoms with Gasteiger partial charge < -0.3 is 9.84 Å². The molecule has 2 rings (SSSR count). The van der Waals surface area contributed by atoms with Crippen LogP contribution < -0.4 is 4.74 Å². The highest BCUT2D eigenvalue weighted by Crippen LogP contribution is 2.37. The molecule has 0 saturated heterocycles. The van der Waals surface area contributed by atoms with Gasteiger partial charge in [0.25, 0.3) is 0 Å². The molecule has 3 heteroatoms. The Hall–Kier alpha value is -0.540. The Morgan fingerprint density at radius 1 is 1.50 bits per heavy atom. The summed E-state index contributed by atoms with van der Waals surface area (Å²) in [6.45, 7) is 4.55. The lowest BCUT2D eigenvalue weighted by Crippen LogP contribution is -2.04. The molecule has 2 nitrogen and oxygen atoms in total. The maximum Gasteiger partial charge on any atom is 0.139 e. The zero-order valence-corrected chi connectivity index (χ0v) is 11.3. The van der Waals surface area contributed by atoms with Gasteiger partial charge in [-0.25, -0.2) is 0 Å². The van der Waals surface area contributed by atoms with E-state index in [-0.39, 0.29) is 0 Å². The van der Waals surface area contributed by atoms with Gasteiger partial charge in [-0.05, 0) is 66.2 Å². The molecular weight excluding hydrogens is 268 g/mol. The molecule has 1 saturated carbocycles. The number of hydrogen-bond donors (Lipinski definition) is 1. The normalized spacial score (nSPS) is 17.2. The Morgan fingerprint density at radius 2 is 2.19 bits per heavy atom. The van der Waals surface area contributed by atoms with Gasteiger partial charge in [-0.3, -0.25) is 0 Å². The van der Waals surface area contributed by atoms with Crippen LogP contribution in [0.3, 0.4) is 0 Å². The molecule has 88 valence electrons. The zero-order chi connectivity index (χ0) is 11.7. The van der Waals surface area contributed by atoms with Crippen molar-refractivity contribution in [1.82, 2.24) is 0 Å². The third-order valence-electron chi connectivity index (χ3n) is 2.83. The van der Waals surface area contributed by atoms with Gasteiger partial charge >= 0.3 is 0 Å². The fourth-order valence-electron chi connectivity index (χ4n) is 1.70. The third-order valence-corrected chi connectivity index (χ3v) is 3.42. The van der Waals surface area contributed by atoms with E-state index in [1.54, 1.807) is 6.92 Å². The second-order valence-corrected chi connectivity index (χ2v) is 5.45. The summed E-state index contributed by atoms with van der Waals surface area (Å²) in [6.07, 6.45) is 2.05.